The fourth-order valence-corrected chi connectivity index (χ4v) is 2.79. The standard InChI is InChI=1S/C22H19ClN2O/c1-15-6-10-17(11-7-15)21(18-12-8-16(2)9-13-18)24-22(25-26)19-4-3-5-20(23)14-19/h3-14,26H,1-2H3/b25-22+. The molecule has 3 aromatic rings. The first kappa shape index (κ1) is 17.9. The van der Waals surface area contributed by atoms with Crippen LogP contribution in [-0.4, -0.2) is 16.8 Å². The summed E-state index contributed by atoms with van der Waals surface area (Å²) in [7, 11) is 0. The number of benzene rings is 3. The van der Waals surface area contributed by atoms with Crippen LogP contribution in [0.25, 0.3) is 0 Å². The highest BCUT2D eigenvalue weighted by molar-refractivity contribution is 6.31. The molecule has 0 atom stereocenters. The van der Waals surface area contributed by atoms with E-state index in [0.717, 1.165) is 16.8 Å². The van der Waals surface area contributed by atoms with E-state index in [4.69, 9.17) is 11.6 Å². The number of amidine groups is 1. The van der Waals surface area contributed by atoms with Crippen LogP contribution in [0.2, 0.25) is 5.02 Å². The lowest BCUT2D eigenvalue weighted by Gasteiger charge is -2.10. The third kappa shape index (κ3) is 4.19. The summed E-state index contributed by atoms with van der Waals surface area (Å²) >= 11 is 6.07. The molecule has 3 aromatic carbocycles. The van der Waals surface area contributed by atoms with Crippen molar-refractivity contribution < 1.29 is 5.21 Å². The number of halogens is 1. The van der Waals surface area contributed by atoms with Crippen molar-refractivity contribution in [3.63, 3.8) is 0 Å². The molecule has 0 amide bonds. The highest BCUT2D eigenvalue weighted by Gasteiger charge is 2.11. The molecule has 0 radical (unpaired) electrons. The molecule has 0 fully saturated rings. The highest BCUT2D eigenvalue weighted by Crippen LogP contribution is 2.17. The summed E-state index contributed by atoms with van der Waals surface area (Å²) in [5, 5.41) is 13.5. The van der Waals surface area contributed by atoms with E-state index in [-0.39, 0.29) is 5.84 Å². The molecule has 3 nitrogen and oxygen atoms in total. The lowest BCUT2D eigenvalue weighted by atomic mass is 10.00. The number of hydrogen-bond donors (Lipinski definition) is 1. The van der Waals surface area contributed by atoms with Crippen LogP contribution in [0, 0.1) is 13.8 Å². The Bertz CT molecular complexity index is 911. The largest absolute Gasteiger partial charge is 0.409 e. The zero-order valence-electron chi connectivity index (χ0n) is 14.6. The molecule has 0 bridgehead atoms. The molecule has 0 heterocycles. The fraction of sp³-hybridized carbons (Fsp3) is 0.0909. The highest BCUT2D eigenvalue weighted by atomic mass is 35.5. The molecule has 0 unspecified atom stereocenters. The van der Waals surface area contributed by atoms with Gasteiger partial charge in [0.05, 0.1) is 5.71 Å². The van der Waals surface area contributed by atoms with E-state index >= 15 is 0 Å². The van der Waals surface area contributed by atoms with Crippen LogP contribution >= 0.6 is 11.6 Å². The molecule has 0 aromatic heterocycles. The Morgan fingerprint density at radius 1 is 0.769 bits per heavy atom. The van der Waals surface area contributed by atoms with Gasteiger partial charge in [0.1, 0.15) is 0 Å². The van der Waals surface area contributed by atoms with E-state index in [1.165, 1.54) is 11.1 Å². The Morgan fingerprint density at radius 3 is 1.77 bits per heavy atom. The molecular formula is C22H19ClN2O. The summed E-state index contributed by atoms with van der Waals surface area (Å²) in [5.41, 5.74) is 5.62. The van der Waals surface area contributed by atoms with Crippen molar-refractivity contribution in [1.82, 2.24) is 0 Å². The SMILES string of the molecule is Cc1ccc(C(=N/C(=N/O)c2cccc(Cl)c2)c2ccc(C)cc2)cc1. The zero-order chi connectivity index (χ0) is 18.5. The molecule has 0 aliphatic heterocycles. The molecule has 130 valence electrons. The molecule has 1 N–H and O–H groups in total. The molecule has 0 saturated carbocycles. The third-order valence-corrected chi connectivity index (χ3v) is 4.28. The van der Waals surface area contributed by atoms with Crippen LogP contribution in [0.4, 0.5) is 0 Å². The van der Waals surface area contributed by atoms with Gasteiger partial charge in [-0.1, -0.05) is 88.5 Å². The van der Waals surface area contributed by atoms with Gasteiger partial charge >= 0.3 is 0 Å². The summed E-state index contributed by atoms with van der Waals surface area (Å²) in [5.74, 6) is 0.212. The smallest absolute Gasteiger partial charge is 0.199 e. The first-order valence-corrected chi connectivity index (χ1v) is 8.65. The van der Waals surface area contributed by atoms with Crippen molar-refractivity contribution in [2.75, 3.05) is 0 Å². The Labute approximate surface area is 158 Å². The quantitative estimate of drug-likeness (QED) is 0.279. The van der Waals surface area contributed by atoms with E-state index in [1.807, 2.05) is 68.4 Å². The molecule has 26 heavy (non-hydrogen) atoms. The van der Waals surface area contributed by atoms with Crippen LogP contribution in [-0.2, 0) is 0 Å². The van der Waals surface area contributed by atoms with Gasteiger partial charge in [0, 0.05) is 21.7 Å². The molecule has 3 rings (SSSR count). The van der Waals surface area contributed by atoms with Crippen molar-refractivity contribution >= 4 is 23.1 Å². The molecule has 0 spiro atoms. The second-order valence-corrected chi connectivity index (χ2v) is 6.56. The first-order valence-electron chi connectivity index (χ1n) is 8.27. The Balaban J connectivity index is 2.14. The van der Waals surface area contributed by atoms with Gasteiger partial charge in [0.25, 0.3) is 0 Å². The summed E-state index contributed by atoms with van der Waals surface area (Å²) in [6.45, 7) is 4.08. The van der Waals surface area contributed by atoms with Crippen LogP contribution in [0.3, 0.4) is 0 Å². The van der Waals surface area contributed by atoms with E-state index in [0.29, 0.717) is 10.6 Å². The minimum Gasteiger partial charge on any atom is -0.409 e. The van der Waals surface area contributed by atoms with Gasteiger partial charge in [-0.2, -0.15) is 0 Å². The second kappa shape index (κ2) is 7.98. The topological polar surface area (TPSA) is 45.0 Å². The fourth-order valence-electron chi connectivity index (χ4n) is 2.60. The van der Waals surface area contributed by atoms with Gasteiger partial charge in [0.2, 0.25) is 0 Å². The Kier molecular flexibility index (Phi) is 5.49. The number of aryl methyl sites for hydroxylation is 2. The Morgan fingerprint density at radius 2 is 1.31 bits per heavy atom. The third-order valence-electron chi connectivity index (χ3n) is 4.05. The average Bonchev–Trinajstić information content (AvgIpc) is 2.65. The summed E-state index contributed by atoms with van der Waals surface area (Å²) < 4.78 is 0. The van der Waals surface area contributed by atoms with Gasteiger partial charge < -0.3 is 5.21 Å². The summed E-state index contributed by atoms with van der Waals surface area (Å²) in [4.78, 5) is 4.66. The van der Waals surface area contributed by atoms with Crippen molar-refractivity contribution in [3.05, 3.63) is 106 Å². The number of nitrogens with zero attached hydrogens (tertiary/aromatic N) is 2. The number of oxime groups is 1. The zero-order valence-corrected chi connectivity index (χ0v) is 15.4. The molecular weight excluding hydrogens is 344 g/mol. The van der Waals surface area contributed by atoms with Gasteiger partial charge in [0.15, 0.2) is 5.84 Å². The van der Waals surface area contributed by atoms with Crippen molar-refractivity contribution in [3.8, 4) is 0 Å². The predicted molar refractivity (Wildman–Crippen MR) is 108 cm³/mol. The van der Waals surface area contributed by atoms with E-state index < -0.39 is 0 Å². The lowest BCUT2D eigenvalue weighted by molar-refractivity contribution is 0.318. The van der Waals surface area contributed by atoms with Gasteiger partial charge in [-0.25, -0.2) is 4.99 Å². The lowest BCUT2D eigenvalue weighted by Crippen LogP contribution is -2.09. The van der Waals surface area contributed by atoms with Crippen molar-refractivity contribution in [2.45, 2.75) is 13.8 Å². The number of aliphatic imine (C=N–C) groups is 1. The summed E-state index contributed by atoms with van der Waals surface area (Å²) in [6, 6.07) is 23.3. The molecule has 4 heteroatoms. The number of rotatable bonds is 3. The van der Waals surface area contributed by atoms with Crippen molar-refractivity contribution in [1.29, 1.82) is 0 Å². The van der Waals surface area contributed by atoms with Gasteiger partial charge in [-0.15, -0.1) is 0 Å². The normalized spacial score (nSPS) is 11.3. The molecule has 0 saturated heterocycles. The minimum absolute atomic E-state index is 0.212. The van der Waals surface area contributed by atoms with Crippen LogP contribution in [0.1, 0.15) is 27.8 Å². The Hall–Kier alpha value is -2.91. The van der Waals surface area contributed by atoms with E-state index in [1.54, 1.807) is 18.2 Å². The van der Waals surface area contributed by atoms with Crippen molar-refractivity contribution in [2.24, 2.45) is 10.1 Å². The average molecular weight is 363 g/mol. The monoisotopic (exact) mass is 362 g/mol. The second-order valence-electron chi connectivity index (χ2n) is 6.13. The maximum absolute atomic E-state index is 9.54. The van der Waals surface area contributed by atoms with Crippen LogP contribution < -0.4 is 0 Å². The maximum atomic E-state index is 9.54. The number of hydrogen-bond acceptors (Lipinski definition) is 2. The molecule has 0 aliphatic carbocycles. The van der Waals surface area contributed by atoms with Gasteiger partial charge in [-0.3, -0.25) is 0 Å². The van der Waals surface area contributed by atoms with Crippen LogP contribution in [0.15, 0.2) is 82.9 Å². The maximum Gasteiger partial charge on any atom is 0.199 e. The summed E-state index contributed by atoms with van der Waals surface area (Å²) in [6.07, 6.45) is 0. The molecule has 0 aliphatic rings. The first-order chi connectivity index (χ1) is 12.6. The van der Waals surface area contributed by atoms with Gasteiger partial charge in [-0.05, 0) is 26.0 Å². The van der Waals surface area contributed by atoms with E-state index in [2.05, 4.69) is 10.1 Å². The minimum atomic E-state index is 0.212. The predicted octanol–water partition coefficient (Wildman–Crippen LogP) is 5.63. The van der Waals surface area contributed by atoms with Crippen LogP contribution in [0.5, 0.6) is 0 Å². The van der Waals surface area contributed by atoms with E-state index in [9.17, 15) is 5.21 Å².